The van der Waals surface area contributed by atoms with Crippen molar-refractivity contribution >= 4 is 34.8 Å². The fraction of sp³-hybridized carbons (Fsp3) is 0.0769. The van der Waals surface area contributed by atoms with Gasteiger partial charge >= 0.3 is 0 Å². The van der Waals surface area contributed by atoms with Gasteiger partial charge in [0.05, 0.1) is 0 Å². The molecule has 0 bridgehead atoms. The molecule has 1 aromatic heterocycles. The Balaban J connectivity index is 2.27. The number of aromatic nitrogens is 1. The number of carbonyl (C=O) groups excluding carboxylic acids is 1. The van der Waals surface area contributed by atoms with Crippen LogP contribution in [0, 0.1) is 6.92 Å². The van der Waals surface area contributed by atoms with Gasteiger partial charge in [0.15, 0.2) is 0 Å². The third-order valence-corrected chi connectivity index (χ3v) is 2.80. The molecule has 0 aliphatic carbocycles. The van der Waals surface area contributed by atoms with Crippen LogP contribution in [0.2, 0.25) is 10.0 Å². The highest BCUT2D eigenvalue weighted by Crippen LogP contribution is 2.22. The van der Waals surface area contributed by atoms with E-state index in [1.165, 1.54) is 6.07 Å². The van der Waals surface area contributed by atoms with Crippen molar-refractivity contribution in [2.75, 3.05) is 5.32 Å². The fourth-order valence-corrected chi connectivity index (χ4v) is 2.17. The van der Waals surface area contributed by atoms with E-state index in [0.29, 0.717) is 21.4 Å². The number of aryl methyl sites for hydroxylation is 1. The summed E-state index contributed by atoms with van der Waals surface area (Å²) in [6.07, 6.45) is 0. The normalized spacial score (nSPS) is 10.3. The largest absolute Gasteiger partial charge is 0.326 e. The van der Waals surface area contributed by atoms with Crippen LogP contribution in [-0.2, 0) is 0 Å². The van der Waals surface area contributed by atoms with Gasteiger partial charge in [0.2, 0.25) is 5.56 Å². The Morgan fingerprint density at radius 2 is 1.74 bits per heavy atom. The zero-order valence-electron chi connectivity index (χ0n) is 9.96. The van der Waals surface area contributed by atoms with Crippen molar-refractivity contribution in [2.45, 2.75) is 6.92 Å². The summed E-state index contributed by atoms with van der Waals surface area (Å²) in [4.78, 5) is 25.9. The second-order valence-corrected chi connectivity index (χ2v) is 4.90. The molecule has 1 aromatic carbocycles. The molecule has 0 fully saturated rings. The van der Waals surface area contributed by atoms with Gasteiger partial charge in [-0.05, 0) is 31.2 Å². The maximum Gasteiger partial charge on any atom is 0.255 e. The first-order valence-corrected chi connectivity index (χ1v) is 6.18. The molecule has 1 heterocycles. The third-order valence-electron chi connectivity index (χ3n) is 2.36. The van der Waals surface area contributed by atoms with E-state index in [0.717, 1.165) is 0 Å². The van der Waals surface area contributed by atoms with Crippen LogP contribution >= 0.6 is 23.2 Å². The van der Waals surface area contributed by atoms with E-state index in [4.69, 9.17) is 23.2 Å². The predicted molar refractivity (Wildman–Crippen MR) is 76.2 cm³/mol. The Bertz CT molecular complexity index is 675. The SMILES string of the molecule is Cc1cc(C(=O)Nc2cc(Cl)cc(Cl)c2)cc(=O)[nH]1. The lowest BCUT2D eigenvalue weighted by atomic mass is 10.2. The van der Waals surface area contributed by atoms with E-state index in [2.05, 4.69) is 10.3 Å². The molecule has 0 saturated heterocycles. The number of aromatic amines is 1. The zero-order chi connectivity index (χ0) is 14.0. The molecule has 4 nitrogen and oxygen atoms in total. The average Bonchev–Trinajstić information content (AvgIpc) is 2.25. The lowest BCUT2D eigenvalue weighted by molar-refractivity contribution is 0.102. The quantitative estimate of drug-likeness (QED) is 0.894. The van der Waals surface area contributed by atoms with E-state index < -0.39 is 5.91 Å². The van der Waals surface area contributed by atoms with Crippen LogP contribution < -0.4 is 10.9 Å². The van der Waals surface area contributed by atoms with Gasteiger partial charge in [0.25, 0.3) is 5.91 Å². The minimum atomic E-state index is -0.396. The van der Waals surface area contributed by atoms with Crippen molar-refractivity contribution in [3.8, 4) is 0 Å². The average molecular weight is 297 g/mol. The Hall–Kier alpha value is -1.78. The number of H-pyrrole nitrogens is 1. The van der Waals surface area contributed by atoms with Crippen molar-refractivity contribution < 1.29 is 4.79 Å². The fourth-order valence-electron chi connectivity index (χ4n) is 1.64. The second kappa shape index (κ2) is 5.47. The molecular formula is C13H10Cl2N2O2. The van der Waals surface area contributed by atoms with Crippen LogP contribution in [0.1, 0.15) is 16.1 Å². The Morgan fingerprint density at radius 1 is 1.11 bits per heavy atom. The maximum atomic E-state index is 12.0. The van der Waals surface area contributed by atoms with E-state index in [9.17, 15) is 9.59 Å². The van der Waals surface area contributed by atoms with Crippen LogP contribution in [0.3, 0.4) is 0 Å². The topological polar surface area (TPSA) is 62.0 Å². The molecule has 0 aliphatic rings. The number of hydrogen-bond acceptors (Lipinski definition) is 2. The number of pyridine rings is 1. The number of halogens is 2. The third kappa shape index (κ3) is 3.59. The number of amides is 1. The summed E-state index contributed by atoms with van der Waals surface area (Å²) in [5, 5.41) is 3.48. The first-order valence-electron chi connectivity index (χ1n) is 5.42. The van der Waals surface area contributed by atoms with Crippen LogP contribution in [0.5, 0.6) is 0 Å². The van der Waals surface area contributed by atoms with Crippen molar-refractivity contribution in [2.24, 2.45) is 0 Å². The van der Waals surface area contributed by atoms with Gasteiger partial charge < -0.3 is 10.3 Å². The van der Waals surface area contributed by atoms with Crippen LogP contribution in [0.15, 0.2) is 35.1 Å². The van der Waals surface area contributed by atoms with Crippen LogP contribution in [-0.4, -0.2) is 10.9 Å². The molecule has 98 valence electrons. The standard InChI is InChI=1S/C13H10Cl2N2O2/c1-7-2-8(3-12(18)16-7)13(19)17-11-5-9(14)4-10(15)6-11/h2-6H,1H3,(H,16,18)(H,17,19). The van der Waals surface area contributed by atoms with Crippen LogP contribution in [0.25, 0.3) is 0 Å². The summed E-state index contributed by atoms with van der Waals surface area (Å²) in [7, 11) is 0. The number of carbonyl (C=O) groups is 1. The summed E-state index contributed by atoms with van der Waals surface area (Å²) in [5.41, 5.74) is 1.04. The van der Waals surface area contributed by atoms with Crippen molar-refractivity contribution in [3.63, 3.8) is 0 Å². The minimum Gasteiger partial charge on any atom is -0.326 e. The van der Waals surface area contributed by atoms with Gasteiger partial charge in [-0.2, -0.15) is 0 Å². The molecule has 0 radical (unpaired) electrons. The molecular weight excluding hydrogens is 287 g/mol. The number of rotatable bonds is 2. The maximum absolute atomic E-state index is 12.0. The molecule has 0 atom stereocenters. The highest BCUT2D eigenvalue weighted by atomic mass is 35.5. The van der Waals surface area contributed by atoms with Crippen molar-refractivity contribution in [3.05, 3.63) is 62.0 Å². The summed E-state index contributed by atoms with van der Waals surface area (Å²) >= 11 is 11.7. The Kier molecular flexibility index (Phi) is 3.93. The van der Waals surface area contributed by atoms with Crippen LogP contribution in [0.4, 0.5) is 5.69 Å². The molecule has 2 aromatic rings. The summed E-state index contributed by atoms with van der Waals surface area (Å²) in [5.74, 6) is -0.396. The van der Waals surface area contributed by atoms with Gasteiger partial charge in [0.1, 0.15) is 0 Å². The number of hydrogen-bond donors (Lipinski definition) is 2. The van der Waals surface area contributed by atoms with E-state index in [1.54, 1.807) is 31.2 Å². The predicted octanol–water partition coefficient (Wildman–Crippen LogP) is 3.24. The van der Waals surface area contributed by atoms with E-state index in [-0.39, 0.29) is 11.1 Å². The summed E-state index contributed by atoms with van der Waals surface area (Å²) < 4.78 is 0. The molecule has 2 rings (SSSR count). The van der Waals surface area contributed by atoms with Gasteiger partial charge in [-0.1, -0.05) is 23.2 Å². The molecule has 0 aliphatic heterocycles. The van der Waals surface area contributed by atoms with Gasteiger partial charge in [-0.3, -0.25) is 9.59 Å². The van der Waals surface area contributed by atoms with Crippen molar-refractivity contribution in [1.29, 1.82) is 0 Å². The molecule has 1 amide bonds. The summed E-state index contributed by atoms with van der Waals surface area (Å²) in [6.45, 7) is 1.70. The molecule has 0 spiro atoms. The lowest BCUT2D eigenvalue weighted by Gasteiger charge is -2.06. The van der Waals surface area contributed by atoms with E-state index in [1.807, 2.05) is 0 Å². The number of anilines is 1. The minimum absolute atomic E-state index is 0.275. The summed E-state index contributed by atoms with van der Waals surface area (Å²) in [6, 6.07) is 7.53. The Labute approximate surface area is 119 Å². The van der Waals surface area contributed by atoms with Gasteiger partial charge in [0, 0.05) is 33.1 Å². The van der Waals surface area contributed by atoms with Gasteiger partial charge in [-0.15, -0.1) is 0 Å². The Morgan fingerprint density at radius 3 is 2.32 bits per heavy atom. The highest BCUT2D eigenvalue weighted by molar-refractivity contribution is 6.35. The highest BCUT2D eigenvalue weighted by Gasteiger charge is 2.08. The number of benzene rings is 1. The smallest absolute Gasteiger partial charge is 0.255 e. The first-order chi connectivity index (χ1) is 8.94. The second-order valence-electron chi connectivity index (χ2n) is 4.03. The lowest BCUT2D eigenvalue weighted by Crippen LogP contribution is -2.16. The molecule has 0 saturated carbocycles. The molecule has 2 N–H and O–H groups in total. The zero-order valence-corrected chi connectivity index (χ0v) is 11.5. The number of nitrogens with one attached hydrogen (secondary N) is 2. The molecule has 19 heavy (non-hydrogen) atoms. The van der Waals surface area contributed by atoms with Gasteiger partial charge in [-0.25, -0.2) is 0 Å². The molecule has 6 heteroatoms. The van der Waals surface area contributed by atoms with E-state index >= 15 is 0 Å². The first kappa shape index (κ1) is 13.6. The molecule has 0 unspecified atom stereocenters. The monoisotopic (exact) mass is 296 g/mol. The van der Waals surface area contributed by atoms with Crippen molar-refractivity contribution in [1.82, 2.24) is 4.98 Å².